The number of aromatic nitrogens is 3. The maximum absolute atomic E-state index is 12.7. The fraction of sp³-hybridized carbons (Fsp3) is 0.0278. The average Bonchev–Trinajstić information content (AvgIpc) is 4.34. The molecule has 2 atom stereocenters. The first-order valence-corrected chi connectivity index (χ1v) is 26.6. The van der Waals surface area contributed by atoms with Gasteiger partial charge < -0.3 is 18.6 Å². The molecule has 6 nitrogen and oxygen atoms in total. The maximum Gasteiger partial charge on any atom is 0.104 e. The minimum absolute atomic E-state index is 0.0643. The van der Waals surface area contributed by atoms with Gasteiger partial charge >= 0.3 is 0 Å². The number of hydrogen-bond donors (Lipinski definition) is 0. The Bertz CT molecular complexity index is 5140. The third-order valence-corrected chi connectivity index (χ3v) is 17.2. The minimum Gasteiger partial charge on any atom is -0.331 e. The number of rotatable bonds is 4. The summed E-state index contributed by atoms with van der Waals surface area (Å²) in [6.07, 6.45) is 8.81. The van der Waals surface area contributed by atoms with Gasteiger partial charge in [0.2, 0.25) is 0 Å². The van der Waals surface area contributed by atoms with Crippen LogP contribution in [0.4, 0.5) is 11.4 Å². The first-order valence-electron chi connectivity index (χ1n) is 26.6. The quantitative estimate of drug-likeness (QED) is 0.176. The second-order valence-corrected chi connectivity index (χ2v) is 20.8. The predicted molar refractivity (Wildman–Crippen MR) is 322 cm³/mol. The number of hydrogen-bond acceptors (Lipinski definition) is 3. The Balaban J connectivity index is 1.18. The van der Waals surface area contributed by atoms with E-state index >= 15 is 0 Å². The van der Waals surface area contributed by atoms with Gasteiger partial charge in [-0.1, -0.05) is 200 Å². The minimum atomic E-state index is -0.259. The van der Waals surface area contributed by atoms with Crippen LogP contribution < -0.4 is 4.90 Å². The van der Waals surface area contributed by atoms with Crippen molar-refractivity contribution in [1.29, 1.82) is 10.5 Å². The van der Waals surface area contributed by atoms with Gasteiger partial charge in [-0.25, -0.2) is 0 Å². The van der Waals surface area contributed by atoms with Crippen molar-refractivity contribution in [3.8, 4) is 29.2 Å². The smallest absolute Gasteiger partial charge is 0.104 e. The van der Waals surface area contributed by atoms with Crippen molar-refractivity contribution >= 4 is 120 Å². The first kappa shape index (κ1) is 42.7. The topological polar surface area (TPSA) is 65.6 Å². The van der Waals surface area contributed by atoms with Crippen molar-refractivity contribution in [2.75, 3.05) is 4.90 Å². The Labute approximate surface area is 447 Å². The molecule has 4 heterocycles. The molecule has 0 saturated carbocycles. The number of allylic oxidation sites excluding steroid dienone is 2. The molecule has 0 fully saturated rings. The van der Waals surface area contributed by atoms with Crippen LogP contribution in [0, 0.1) is 22.7 Å². The SMILES string of the molecule is N#Cc1c(N2c3ccc4ccccc4c3C3C=CC=CC32)c(C#N)c(-n2c3ccccc3c3c4ccccc4ccc32)c(-n2c3ccccc3c3c4ccccc4ccc32)c1-n1c2ccccc2c2c3ccccc3ccc21. The van der Waals surface area contributed by atoms with E-state index < -0.39 is 0 Å². The van der Waals surface area contributed by atoms with Crippen LogP contribution in [-0.4, -0.2) is 19.7 Å². The lowest BCUT2D eigenvalue weighted by Crippen LogP contribution is -2.31. The van der Waals surface area contributed by atoms with E-state index in [9.17, 15) is 10.5 Å². The number of nitriles is 2. The monoisotopic (exact) mass is 990 g/mol. The number of anilines is 2. The molecule has 12 aromatic carbocycles. The molecule has 2 aliphatic rings. The molecule has 0 amide bonds. The molecular formula is C72H42N6. The standard InChI is InChI=1S/C72H42N6/c73-41-55-69(75-57-29-13-9-25-51(57)65-47-21-5-1-17-43(47)33-37-61(65)75)56(42-74)71(77-59-31-15-11-27-53(59)67-49-23-7-3-19-45(49)35-39-63(67)77)72(78-60-32-16-12-28-54(60)68-50-24-8-4-20-46(50)36-40-64(68)78)70(55)76-58-30-14-10-26-52(58)66-48-22-6-2-18-44(48)34-38-62(66)76/h1-40,51,57H. The number of benzene rings is 12. The van der Waals surface area contributed by atoms with E-state index in [4.69, 9.17) is 0 Å². The number of nitrogens with zero attached hydrogens (tertiary/aromatic N) is 6. The van der Waals surface area contributed by atoms with E-state index in [1.807, 2.05) is 0 Å². The molecular weight excluding hydrogens is 949 g/mol. The van der Waals surface area contributed by atoms with Gasteiger partial charge in [-0.15, -0.1) is 0 Å². The summed E-state index contributed by atoms with van der Waals surface area (Å²) in [6, 6.07) is 83.7. The lowest BCUT2D eigenvalue weighted by Gasteiger charge is -2.33. The second-order valence-electron chi connectivity index (χ2n) is 20.8. The van der Waals surface area contributed by atoms with E-state index in [1.54, 1.807) is 0 Å². The molecule has 78 heavy (non-hydrogen) atoms. The lowest BCUT2D eigenvalue weighted by atomic mass is 9.88. The van der Waals surface area contributed by atoms with Gasteiger partial charge in [-0.05, 0) is 91.1 Å². The van der Waals surface area contributed by atoms with Crippen molar-refractivity contribution in [2.24, 2.45) is 0 Å². The Kier molecular flexibility index (Phi) is 8.71. The van der Waals surface area contributed by atoms with Crippen LogP contribution in [0.15, 0.2) is 243 Å². The Morgan fingerprint density at radius 1 is 0.308 bits per heavy atom. The molecule has 1 aliphatic heterocycles. The van der Waals surface area contributed by atoms with E-state index in [1.165, 1.54) is 5.56 Å². The summed E-state index contributed by atoms with van der Waals surface area (Å²) in [6.45, 7) is 0. The molecule has 0 saturated heterocycles. The number of para-hydroxylation sites is 3. The molecule has 17 rings (SSSR count). The Morgan fingerprint density at radius 2 is 0.667 bits per heavy atom. The highest BCUT2D eigenvalue weighted by atomic mass is 15.2. The van der Waals surface area contributed by atoms with Crippen molar-refractivity contribution < 1.29 is 0 Å². The van der Waals surface area contributed by atoms with Crippen LogP contribution in [-0.2, 0) is 0 Å². The van der Waals surface area contributed by atoms with E-state index in [2.05, 4.69) is 273 Å². The second kappa shape index (κ2) is 15.9. The molecule has 0 radical (unpaired) electrons. The normalized spacial score (nSPS) is 15.0. The summed E-state index contributed by atoms with van der Waals surface area (Å²) in [7, 11) is 0. The molecule has 0 bridgehead atoms. The van der Waals surface area contributed by atoms with Crippen molar-refractivity contribution in [2.45, 2.75) is 12.0 Å². The van der Waals surface area contributed by atoms with E-state index in [0.717, 1.165) is 120 Å². The molecule has 1 aliphatic carbocycles. The predicted octanol–water partition coefficient (Wildman–Crippen LogP) is 18.1. The molecule has 360 valence electrons. The van der Waals surface area contributed by atoms with Gasteiger partial charge in [0, 0.05) is 43.9 Å². The van der Waals surface area contributed by atoms with Crippen LogP contribution in [0.25, 0.3) is 126 Å². The zero-order valence-electron chi connectivity index (χ0n) is 41.9. The van der Waals surface area contributed by atoms with Crippen LogP contribution in [0.3, 0.4) is 0 Å². The number of fused-ring (bicyclic) bond motifs is 20. The van der Waals surface area contributed by atoms with Crippen molar-refractivity contribution in [1.82, 2.24) is 13.7 Å². The zero-order chi connectivity index (χ0) is 51.3. The highest BCUT2D eigenvalue weighted by Crippen LogP contribution is 2.56. The van der Waals surface area contributed by atoms with Gasteiger partial charge in [0.15, 0.2) is 0 Å². The highest BCUT2D eigenvalue weighted by molar-refractivity contribution is 6.25. The van der Waals surface area contributed by atoms with E-state index in [-0.39, 0.29) is 12.0 Å². The molecule has 6 heteroatoms. The largest absolute Gasteiger partial charge is 0.331 e. The fourth-order valence-electron chi connectivity index (χ4n) is 14.1. The average molecular weight is 991 g/mol. The summed E-state index contributed by atoms with van der Waals surface area (Å²) >= 11 is 0. The fourth-order valence-corrected chi connectivity index (χ4v) is 14.1. The molecule has 0 N–H and O–H groups in total. The molecule has 2 unspecified atom stereocenters. The van der Waals surface area contributed by atoms with Gasteiger partial charge in [-0.2, -0.15) is 10.5 Å². The van der Waals surface area contributed by atoms with Gasteiger partial charge in [0.25, 0.3) is 0 Å². The summed E-state index contributed by atoms with van der Waals surface area (Å²) in [5.41, 5.74) is 11.4. The molecule has 3 aromatic heterocycles. The van der Waals surface area contributed by atoms with Gasteiger partial charge in [0.05, 0.1) is 61.9 Å². The lowest BCUT2D eigenvalue weighted by molar-refractivity contribution is 0.745. The third kappa shape index (κ3) is 5.52. The van der Waals surface area contributed by atoms with Crippen LogP contribution >= 0.6 is 0 Å². The van der Waals surface area contributed by atoms with Crippen LogP contribution in [0.5, 0.6) is 0 Å². The first-order chi connectivity index (χ1) is 38.7. The Morgan fingerprint density at radius 3 is 1.12 bits per heavy atom. The van der Waals surface area contributed by atoms with Crippen molar-refractivity contribution in [3.63, 3.8) is 0 Å². The zero-order valence-corrected chi connectivity index (χ0v) is 41.9. The van der Waals surface area contributed by atoms with Gasteiger partial charge in [-0.3, -0.25) is 0 Å². The molecule has 0 spiro atoms. The molecule has 15 aromatic rings. The van der Waals surface area contributed by atoms with E-state index in [0.29, 0.717) is 28.2 Å². The maximum atomic E-state index is 12.7. The summed E-state index contributed by atoms with van der Waals surface area (Å²) in [4.78, 5) is 2.34. The third-order valence-electron chi connectivity index (χ3n) is 17.2. The van der Waals surface area contributed by atoms with Gasteiger partial charge in [0.1, 0.15) is 23.3 Å². The van der Waals surface area contributed by atoms with Crippen LogP contribution in [0.2, 0.25) is 0 Å². The summed E-state index contributed by atoms with van der Waals surface area (Å²) in [5, 5.41) is 41.1. The summed E-state index contributed by atoms with van der Waals surface area (Å²) in [5.74, 6) is -0.0643. The summed E-state index contributed by atoms with van der Waals surface area (Å²) < 4.78 is 7.10. The van der Waals surface area contributed by atoms with Crippen LogP contribution in [0.1, 0.15) is 22.6 Å². The Hall–Kier alpha value is -10.7. The van der Waals surface area contributed by atoms with Crippen molar-refractivity contribution in [3.05, 3.63) is 259 Å². The highest BCUT2D eigenvalue weighted by Gasteiger charge is 2.43.